The van der Waals surface area contributed by atoms with Crippen LogP contribution in [0.2, 0.25) is 0 Å². The topological polar surface area (TPSA) is 81.4 Å². The van der Waals surface area contributed by atoms with Gasteiger partial charge in [-0.2, -0.15) is 11.3 Å². The van der Waals surface area contributed by atoms with Crippen molar-refractivity contribution in [2.75, 3.05) is 5.32 Å². The van der Waals surface area contributed by atoms with E-state index in [1.807, 2.05) is 41.8 Å². The van der Waals surface area contributed by atoms with Crippen LogP contribution in [0.4, 0.5) is 5.69 Å². The van der Waals surface area contributed by atoms with Gasteiger partial charge in [0.25, 0.3) is 11.8 Å². The van der Waals surface area contributed by atoms with Crippen molar-refractivity contribution in [2.24, 2.45) is 5.73 Å². The number of nitrogens with two attached hydrogens (primary N) is 1. The molecule has 4 rings (SSSR count). The molecule has 0 aliphatic heterocycles. The molecule has 0 radical (unpaired) electrons. The summed E-state index contributed by atoms with van der Waals surface area (Å²) in [7, 11) is 0. The minimum Gasteiger partial charge on any atom is -0.488 e. The molecule has 31 heavy (non-hydrogen) atoms. The first-order chi connectivity index (χ1) is 15.1. The van der Waals surface area contributed by atoms with Crippen LogP contribution in [0.5, 0.6) is 5.75 Å². The summed E-state index contributed by atoms with van der Waals surface area (Å²) in [5, 5.41) is 7.04. The number of nitrogens with one attached hydrogen (secondary N) is 1. The zero-order valence-electron chi connectivity index (χ0n) is 16.6. The molecule has 4 aromatic rings. The highest BCUT2D eigenvalue weighted by Gasteiger charge is 2.11. The Morgan fingerprint density at radius 2 is 1.74 bits per heavy atom. The van der Waals surface area contributed by atoms with E-state index in [-0.39, 0.29) is 12.5 Å². The largest absolute Gasteiger partial charge is 0.488 e. The van der Waals surface area contributed by atoms with E-state index < -0.39 is 5.91 Å². The van der Waals surface area contributed by atoms with Gasteiger partial charge in [0.15, 0.2) is 0 Å². The fraction of sp³-hybridized carbons (Fsp3) is 0.0400. The molecule has 0 saturated heterocycles. The number of hydrogen-bond donors (Lipinski definition) is 2. The number of hydrogen-bond acceptors (Lipinski definition) is 4. The summed E-state index contributed by atoms with van der Waals surface area (Å²) in [5.41, 5.74) is 9.94. The molecule has 2 amide bonds. The van der Waals surface area contributed by atoms with Gasteiger partial charge >= 0.3 is 0 Å². The number of para-hydroxylation sites is 1. The number of anilines is 1. The molecule has 0 unspecified atom stereocenters. The average Bonchev–Trinajstić information content (AvgIpc) is 3.33. The molecular formula is C25H20N2O3S. The van der Waals surface area contributed by atoms with Crippen molar-refractivity contribution < 1.29 is 14.3 Å². The number of carbonyl (C=O) groups is 2. The summed E-state index contributed by atoms with van der Waals surface area (Å²) >= 11 is 1.63. The Kier molecular flexibility index (Phi) is 6.10. The SMILES string of the molecule is NC(=O)c1ccccc1OCc1cccc(C(=O)Nc2cccc(-c3ccsc3)c2)c1. The average molecular weight is 429 g/mol. The number of rotatable bonds is 7. The number of amides is 2. The zero-order valence-corrected chi connectivity index (χ0v) is 17.4. The lowest BCUT2D eigenvalue weighted by Gasteiger charge is -2.11. The molecule has 0 atom stereocenters. The first-order valence-corrected chi connectivity index (χ1v) is 10.6. The highest BCUT2D eigenvalue weighted by atomic mass is 32.1. The van der Waals surface area contributed by atoms with Crippen molar-refractivity contribution in [1.82, 2.24) is 0 Å². The first-order valence-electron chi connectivity index (χ1n) is 9.65. The minimum absolute atomic E-state index is 0.207. The van der Waals surface area contributed by atoms with Crippen LogP contribution in [0.3, 0.4) is 0 Å². The summed E-state index contributed by atoms with van der Waals surface area (Å²) < 4.78 is 5.76. The van der Waals surface area contributed by atoms with Gasteiger partial charge in [-0.15, -0.1) is 0 Å². The lowest BCUT2D eigenvalue weighted by Crippen LogP contribution is -2.13. The number of ether oxygens (including phenoxy) is 1. The molecule has 0 spiro atoms. The molecule has 0 bridgehead atoms. The second-order valence-corrected chi connectivity index (χ2v) is 7.68. The molecule has 5 nitrogen and oxygen atoms in total. The van der Waals surface area contributed by atoms with Crippen molar-refractivity contribution in [1.29, 1.82) is 0 Å². The van der Waals surface area contributed by atoms with E-state index in [2.05, 4.69) is 10.7 Å². The molecule has 1 aromatic heterocycles. The van der Waals surface area contributed by atoms with Crippen LogP contribution >= 0.6 is 11.3 Å². The number of carbonyl (C=O) groups excluding carboxylic acids is 2. The third-order valence-corrected chi connectivity index (χ3v) is 5.39. The molecule has 0 aliphatic carbocycles. The number of primary amides is 1. The van der Waals surface area contributed by atoms with Crippen LogP contribution in [0.15, 0.2) is 89.6 Å². The fourth-order valence-corrected chi connectivity index (χ4v) is 3.83. The monoisotopic (exact) mass is 428 g/mol. The van der Waals surface area contributed by atoms with Crippen molar-refractivity contribution >= 4 is 28.8 Å². The summed E-state index contributed by atoms with van der Waals surface area (Å²) in [4.78, 5) is 24.3. The smallest absolute Gasteiger partial charge is 0.255 e. The summed E-state index contributed by atoms with van der Waals surface area (Å²) in [6, 6.07) is 23.8. The van der Waals surface area contributed by atoms with E-state index in [9.17, 15) is 9.59 Å². The van der Waals surface area contributed by atoms with Gasteiger partial charge < -0.3 is 15.8 Å². The zero-order chi connectivity index (χ0) is 21.6. The Balaban J connectivity index is 1.45. The Morgan fingerprint density at radius 3 is 2.55 bits per heavy atom. The molecule has 6 heteroatoms. The van der Waals surface area contributed by atoms with Crippen molar-refractivity contribution in [2.45, 2.75) is 6.61 Å². The maximum Gasteiger partial charge on any atom is 0.255 e. The molecule has 0 fully saturated rings. The van der Waals surface area contributed by atoms with Crippen LogP contribution < -0.4 is 15.8 Å². The normalized spacial score (nSPS) is 10.5. The molecule has 1 heterocycles. The Bertz CT molecular complexity index is 1220. The standard InChI is InChI=1S/C25H20N2O3S/c26-24(28)22-9-1-2-10-23(22)30-15-17-5-3-7-19(13-17)25(29)27-21-8-4-6-18(14-21)20-11-12-31-16-20/h1-14,16H,15H2,(H2,26,28)(H,27,29). The number of thiophene rings is 1. The Hall–Kier alpha value is -3.90. The first kappa shape index (κ1) is 20.4. The van der Waals surface area contributed by atoms with E-state index >= 15 is 0 Å². The van der Waals surface area contributed by atoms with E-state index in [0.29, 0.717) is 16.9 Å². The summed E-state index contributed by atoms with van der Waals surface area (Å²) in [5.74, 6) is -0.342. The highest BCUT2D eigenvalue weighted by Crippen LogP contribution is 2.25. The van der Waals surface area contributed by atoms with Gasteiger partial charge in [0.1, 0.15) is 12.4 Å². The van der Waals surface area contributed by atoms with Crippen LogP contribution in [-0.2, 0) is 6.61 Å². The van der Waals surface area contributed by atoms with Crippen molar-refractivity contribution in [3.63, 3.8) is 0 Å². The lowest BCUT2D eigenvalue weighted by atomic mass is 10.1. The number of benzene rings is 3. The predicted octanol–water partition coefficient (Wildman–Crippen LogP) is 5.35. The van der Waals surface area contributed by atoms with E-state index in [0.717, 1.165) is 22.4 Å². The van der Waals surface area contributed by atoms with E-state index in [4.69, 9.17) is 10.5 Å². The molecule has 3 aromatic carbocycles. The van der Waals surface area contributed by atoms with E-state index in [1.54, 1.807) is 53.8 Å². The maximum absolute atomic E-state index is 12.8. The van der Waals surface area contributed by atoms with Crippen LogP contribution in [0.25, 0.3) is 11.1 Å². The second-order valence-electron chi connectivity index (χ2n) is 6.90. The molecule has 3 N–H and O–H groups in total. The van der Waals surface area contributed by atoms with Crippen LogP contribution in [0.1, 0.15) is 26.3 Å². The highest BCUT2D eigenvalue weighted by molar-refractivity contribution is 7.08. The molecule has 0 saturated carbocycles. The second kappa shape index (κ2) is 9.28. The Labute approximate surface area is 184 Å². The molecule has 154 valence electrons. The van der Waals surface area contributed by atoms with E-state index in [1.165, 1.54) is 0 Å². The van der Waals surface area contributed by atoms with Crippen LogP contribution in [0, 0.1) is 0 Å². The van der Waals surface area contributed by atoms with Gasteiger partial charge in [0.05, 0.1) is 5.56 Å². The third kappa shape index (κ3) is 4.99. The predicted molar refractivity (Wildman–Crippen MR) is 123 cm³/mol. The van der Waals surface area contributed by atoms with Gasteiger partial charge in [-0.25, -0.2) is 0 Å². The van der Waals surface area contributed by atoms with Gasteiger partial charge in [-0.3, -0.25) is 9.59 Å². The lowest BCUT2D eigenvalue weighted by molar-refractivity contribution is 0.0994. The van der Waals surface area contributed by atoms with Crippen molar-refractivity contribution in [3.05, 3.63) is 106 Å². The molecular weight excluding hydrogens is 408 g/mol. The van der Waals surface area contributed by atoms with Gasteiger partial charge in [0, 0.05) is 11.3 Å². The molecule has 0 aliphatic rings. The Morgan fingerprint density at radius 1 is 0.903 bits per heavy atom. The quantitative estimate of drug-likeness (QED) is 0.417. The van der Waals surface area contributed by atoms with Gasteiger partial charge in [-0.1, -0.05) is 36.4 Å². The summed E-state index contributed by atoms with van der Waals surface area (Å²) in [6.07, 6.45) is 0. The minimum atomic E-state index is -0.548. The van der Waals surface area contributed by atoms with Gasteiger partial charge in [0.2, 0.25) is 0 Å². The van der Waals surface area contributed by atoms with Gasteiger partial charge in [-0.05, 0) is 69.9 Å². The van der Waals surface area contributed by atoms with Crippen molar-refractivity contribution in [3.8, 4) is 16.9 Å². The maximum atomic E-state index is 12.8. The third-order valence-electron chi connectivity index (χ3n) is 4.71. The summed E-state index contributed by atoms with van der Waals surface area (Å²) in [6.45, 7) is 0.207. The fourth-order valence-electron chi connectivity index (χ4n) is 3.17. The van der Waals surface area contributed by atoms with Crippen LogP contribution in [-0.4, -0.2) is 11.8 Å².